The quantitative estimate of drug-likeness (QED) is 0.251. The highest BCUT2D eigenvalue weighted by Gasteiger charge is 2.15. The molecule has 210 valence electrons. The first-order valence-corrected chi connectivity index (χ1v) is 14.4. The van der Waals surface area contributed by atoms with Gasteiger partial charge in [0.1, 0.15) is 5.82 Å². The summed E-state index contributed by atoms with van der Waals surface area (Å²) in [6.45, 7) is 12.6. The zero-order chi connectivity index (χ0) is 28.2. The van der Waals surface area contributed by atoms with Crippen LogP contribution in [0.25, 0.3) is 0 Å². The smallest absolute Gasteiger partial charge is 0.255 e. The Kier molecular flexibility index (Phi) is 11.0. The Hall–Kier alpha value is -3.84. The summed E-state index contributed by atoms with van der Waals surface area (Å²) in [6.07, 6.45) is 8.82. The molecule has 0 saturated carbocycles. The van der Waals surface area contributed by atoms with Crippen LogP contribution >= 0.6 is 0 Å². The van der Waals surface area contributed by atoms with Gasteiger partial charge in [-0.3, -0.25) is 14.6 Å². The average molecular weight is 540 g/mol. The first-order chi connectivity index (χ1) is 19.6. The number of imidazole rings is 1. The Morgan fingerprint density at radius 3 is 2.15 bits per heavy atom. The SMILES string of the molecule is CCCN(CCC)Cc1ccc(NC(=O)c2ccc(CN(CC3=NC=C=N3)Cc3nccn3CCC)cc2)cc1. The van der Waals surface area contributed by atoms with E-state index in [1.807, 2.05) is 48.8 Å². The molecule has 1 amide bonds. The van der Waals surface area contributed by atoms with Crippen LogP contribution in [0.5, 0.6) is 0 Å². The fraction of sp³-hybridized carbons (Fsp3) is 0.406. The van der Waals surface area contributed by atoms with E-state index in [0.29, 0.717) is 25.2 Å². The van der Waals surface area contributed by atoms with Gasteiger partial charge in [0, 0.05) is 49.1 Å². The molecule has 0 aliphatic carbocycles. The van der Waals surface area contributed by atoms with Gasteiger partial charge < -0.3 is 9.88 Å². The number of carbonyl (C=O) groups is 1. The number of aryl methyl sites for hydroxylation is 1. The highest BCUT2D eigenvalue weighted by Crippen LogP contribution is 2.16. The van der Waals surface area contributed by atoms with E-state index in [0.717, 1.165) is 68.4 Å². The van der Waals surface area contributed by atoms with Crippen molar-refractivity contribution >= 4 is 23.3 Å². The maximum Gasteiger partial charge on any atom is 0.255 e. The first-order valence-electron chi connectivity index (χ1n) is 14.4. The third kappa shape index (κ3) is 8.58. The second kappa shape index (κ2) is 15.1. The maximum atomic E-state index is 12.9. The zero-order valence-corrected chi connectivity index (χ0v) is 24.0. The summed E-state index contributed by atoms with van der Waals surface area (Å²) in [5, 5.41) is 3.03. The Balaban J connectivity index is 1.36. The lowest BCUT2D eigenvalue weighted by molar-refractivity contribution is 0.102. The van der Waals surface area contributed by atoms with Crippen molar-refractivity contribution in [1.82, 2.24) is 19.4 Å². The third-order valence-corrected chi connectivity index (χ3v) is 6.78. The molecule has 0 saturated heterocycles. The number of rotatable bonds is 16. The molecular weight excluding hydrogens is 498 g/mol. The molecule has 0 spiro atoms. The number of hydrogen-bond acceptors (Lipinski definition) is 6. The molecule has 0 fully saturated rings. The van der Waals surface area contributed by atoms with Crippen molar-refractivity contribution < 1.29 is 4.79 Å². The van der Waals surface area contributed by atoms with Crippen LogP contribution in [0.2, 0.25) is 0 Å². The predicted octanol–water partition coefficient (Wildman–Crippen LogP) is 5.77. The molecule has 3 aromatic rings. The molecule has 8 nitrogen and oxygen atoms in total. The minimum atomic E-state index is -0.114. The minimum Gasteiger partial charge on any atom is -0.334 e. The normalized spacial score (nSPS) is 12.5. The molecule has 40 heavy (non-hydrogen) atoms. The molecule has 0 atom stereocenters. The minimum absolute atomic E-state index is 0.114. The molecule has 1 aromatic heterocycles. The standard InChI is InChI=1S/C32H41N7O/c1-4-18-37(19-5-2)22-27-9-13-29(14-10-27)36-32(40)28-11-7-26(8-12-28)23-38(24-30-33-15-16-34-30)25-31-35-17-21-39(31)20-6-3/h7-15,17,21H,4-6,18-20,22-25H2,1-3H3,(H,36,40). The van der Waals surface area contributed by atoms with E-state index in [4.69, 9.17) is 0 Å². The zero-order valence-electron chi connectivity index (χ0n) is 24.0. The van der Waals surface area contributed by atoms with Crippen LogP contribution in [0.15, 0.2) is 77.1 Å². The van der Waals surface area contributed by atoms with E-state index >= 15 is 0 Å². The summed E-state index contributed by atoms with van der Waals surface area (Å²) in [7, 11) is 0. The second-order valence-corrected chi connectivity index (χ2v) is 10.2. The number of carbonyl (C=O) groups excluding carboxylic acids is 1. The number of anilines is 1. The van der Waals surface area contributed by atoms with E-state index in [1.54, 1.807) is 6.20 Å². The van der Waals surface area contributed by atoms with Crippen LogP contribution in [0.1, 0.15) is 67.3 Å². The summed E-state index contributed by atoms with van der Waals surface area (Å²) in [4.78, 5) is 30.8. The molecule has 1 aliphatic heterocycles. The lowest BCUT2D eigenvalue weighted by atomic mass is 10.1. The molecule has 0 bridgehead atoms. The van der Waals surface area contributed by atoms with Gasteiger partial charge in [-0.05, 0) is 67.7 Å². The van der Waals surface area contributed by atoms with E-state index in [9.17, 15) is 4.79 Å². The number of nitrogens with zero attached hydrogens (tertiary/aromatic N) is 6. The number of amidine groups is 1. The summed E-state index contributed by atoms with van der Waals surface area (Å²) in [5.41, 5.74) is 3.80. The lowest BCUT2D eigenvalue weighted by Gasteiger charge is -2.22. The molecular formula is C32H41N7O. The van der Waals surface area contributed by atoms with Gasteiger partial charge in [0.05, 0.1) is 19.3 Å². The van der Waals surface area contributed by atoms with E-state index in [-0.39, 0.29) is 5.91 Å². The van der Waals surface area contributed by atoms with Gasteiger partial charge in [-0.2, -0.15) is 4.99 Å². The van der Waals surface area contributed by atoms with Crippen molar-refractivity contribution in [2.45, 2.75) is 66.2 Å². The Morgan fingerprint density at radius 2 is 1.52 bits per heavy atom. The van der Waals surface area contributed by atoms with Crippen molar-refractivity contribution in [3.63, 3.8) is 0 Å². The van der Waals surface area contributed by atoms with Gasteiger partial charge in [-0.15, -0.1) is 0 Å². The van der Waals surface area contributed by atoms with Crippen molar-refractivity contribution in [3.8, 4) is 0 Å². The van der Waals surface area contributed by atoms with Crippen LogP contribution in [-0.2, 0) is 26.2 Å². The molecule has 0 unspecified atom stereocenters. The van der Waals surface area contributed by atoms with E-state index in [2.05, 4.69) is 73.4 Å². The molecule has 4 rings (SSSR count). The number of benzene rings is 2. The molecule has 2 aromatic carbocycles. The molecule has 0 radical (unpaired) electrons. The monoisotopic (exact) mass is 539 g/mol. The van der Waals surface area contributed by atoms with Gasteiger partial charge in [-0.1, -0.05) is 45.0 Å². The number of aliphatic imine (C=N–C) groups is 2. The van der Waals surface area contributed by atoms with Crippen LogP contribution in [0.4, 0.5) is 5.69 Å². The topological polar surface area (TPSA) is 78.1 Å². The molecule has 1 aliphatic rings. The van der Waals surface area contributed by atoms with Crippen LogP contribution in [0.3, 0.4) is 0 Å². The van der Waals surface area contributed by atoms with Crippen molar-refractivity contribution in [2.24, 2.45) is 9.98 Å². The van der Waals surface area contributed by atoms with Gasteiger partial charge in [-0.25, -0.2) is 9.98 Å². The van der Waals surface area contributed by atoms with Crippen molar-refractivity contribution in [2.75, 3.05) is 25.0 Å². The van der Waals surface area contributed by atoms with Crippen LogP contribution in [-0.4, -0.2) is 56.6 Å². The maximum absolute atomic E-state index is 12.9. The summed E-state index contributed by atoms with van der Waals surface area (Å²) >= 11 is 0. The van der Waals surface area contributed by atoms with Gasteiger partial charge in [0.15, 0.2) is 5.84 Å². The van der Waals surface area contributed by atoms with Crippen LogP contribution < -0.4 is 5.32 Å². The summed E-state index contributed by atoms with van der Waals surface area (Å²) in [5.74, 6) is 4.43. The average Bonchev–Trinajstić information content (AvgIpc) is 3.63. The number of amides is 1. The predicted molar refractivity (Wildman–Crippen MR) is 163 cm³/mol. The highest BCUT2D eigenvalue weighted by atomic mass is 16.1. The van der Waals surface area contributed by atoms with Crippen molar-refractivity contribution in [3.05, 3.63) is 89.6 Å². The Labute approximate surface area is 238 Å². The summed E-state index contributed by atoms with van der Waals surface area (Å²) in [6, 6.07) is 16.0. The molecule has 1 N–H and O–H groups in total. The Morgan fingerprint density at radius 1 is 0.850 bits per heavy atom. The lowest BCUT2D eigenvalue weighted by Crippen LogP contribution is -2.29. The number of hydrogen-bond donors (Lipinski definition) is 1. The third-order valence-electron chi connectivity index (χ3n) is 6.78. The summed E-state index contributed by atoms with van der Waals surface area (Å²) < 4.78 is 2.19. The molecule has 2 heterocycles. The number of aromatic nitrogens is 2. The van der Waals surface area contributed by atoms with Crippen LogP contribution in [0, 0.1) is 0 Å². The van der Waals surface area contributed by atoms with Crippen molar-refractivity contribution in [1.29, 1.82) is 0 Å². The number of nitrogens with one attached hydrogen (secondary N) is 1. The van der Waals surface area contributed by atoms with Gasteiger partial charge in [0.2, 0.25) is 0 Å². The fourth-order valence-electron chi connectivity index (χ4n) is 4.89. The van der Waals surface area contributed by atoms with E-state index < -0.39 is 0 Å². The highest BCUT2D eigenvalue weighted by molar-refractivity contribution is 6.04. The first kappa shape index (κ1) is 29.2. The van der Waals surface area contributed by atoms with Gasteiger partial charge >= 0.3 is 0 Å². The molecule has 8 heteroatoms. The largest absolute Gasteiger partial charge is 0.334 e. The fourth-order valence-corrected chi connectivity index (χ4v) is 4.89. The van der Waals surface area contributed by atoms with E-state index in [1.165, 1.54) is 5.56 Å². The Bertz CT molecular complexity index is 1310. The van der Waals surface area contributed by atoms with Gasteiger partial charge in [0.25, 0.3) is 5.91 Å². The second-order valence-electron chi connectivity index (χ2n) is 10.2.